The first-order valence-corrected chi connectivity index (χ1v) is 4.01. The van der Waals surface area contributed by atoms with Gasteiger partial charge in [-0.25, -0.2) is 0 Å². The van der Waals surface area contributed by atoms with Gasteiger partial charge in [0.05, 0.1) is 5.60 Å². The van der Waals surface area contributed by atoms with E-state index in [-0.39, 0.29) is 0 Å². The SMILES string of the molecule is CC[C@H]1CCOC12CC2. The molecule has 0 unspecified atom stereocenters. The maximum Gasteiger partial charge on any atom is 0.0713 e. The molecule has 0 aromatic carbocycles. The number of hydrogen-bond acceptors (Lipinski definition) is 1. The molecule has 0 radical (unpaired) electrons. The summed E-state index contributed by atoms with van der Waals surface area (Å²) in [4.78, 5) is 0. The second kappa shape index (κ2) is 1.72. The molecule has 1 aliphatic carbocycles. The molecule has 52 valence electrons. The third-order valence-electron chi connectivity index (χ3n) is 2.84. The number of hydrogen-bond donors (Lipinski definition) is 0. The summed E-state index contributed by atoms with van der Waals surface area (Å²) in [6.07, 6.45) is 5.31. The van der Waals surface area contributed by atoms with Crippen molar-refractivity contribution in [3.8, 4) is 0 Å². The van der Waals surface area contributed by atoms with Gasteiger partial charge >= 0.3 is 0 Å². The van der Waals surface area contributed by atoms with Crippen molar-refractivity contribution in [3.05, 3.63) is 0 Å². The Morgan fingerprint density at radius 3 is 2.78 bits per heavy atom. The minimum Gasteiger partial charge on any atom is -0.375 e. The van der Waals surface area contributed by atoms with Crippen LogP contribution in [0.4, 0.5) is 0 Å². The topological polar surface area (TPSA) is 9.23 Å². The van der Waals surface area contributed by atoms with Crippen LogP contribution in [0.2, 0.25) is 0 Å². The Balaban J connectivity index is 2.05. The molecule has 2 rings (SSSR count). The van der Waals surface area contributed by atoms with E-state index in [0.29, 0.717) is 5.60 Å². The highest BCUT2D eigenvalue weighted by Gasteiger charge is 2.52. The smallest absolute Gasteiger partial charge is 0.0713 e. The van der Waals surface area contributed by atoms with E-state index in [2.05, 4.69) is 6.92 Å². The van der Waals surface area contributed by atoms with Crippen molar-refractivity contribution in [1.29, 1.82) is 0 Å². The van der Waals surface area contributed by atoms with E-state index in [0.717, 1.165) is 12.5 Å². The van der Waals surface area contributed by atoms with Gasteiger partial charge in [0.1, 0.15) is 0 Å². The predicted octanol–water partition coefficient (Wildman–Crippen LogP) is 1.97. The van der Waals surface area contributed by atoms with Crippen LogP contribution in [0.25, 0.3) is 0 Å². The van der Waals surface area contributed by atoms with Gasteiger partial charge < -0.3 is 4.74 Å². The average molecular weight is 126 g/mol. The van der Waals surface area contributed by atoms with Crippen molar-refractivity contribution in [2.75, 3.05) is 6.61 Å². The molecule has 0 aromatic heterocycles. The van der Waals surface area contributed by atoms with Crippen LogP contribution >= 0.6 is 0 Å². The molecule has 0 bridgehead atoms. The van der Waals surface area contributed by atoms with Crippen LogP contribution in [0.3, 0.4) is 0 Å². The molecule has 1 nitrogen and oxygen atoms in total. The highest BCUT2D eigenvalue weighted by atomic mass is 16.5. The molecular weight excluding hydrogens is 112 g/mol. The molecule has 1 heterocycles. The second-order valence-electron chi connectivity index (χ2n) is 3.31. The second-order valence-corrected chi connectivity index (χ2v) is 3.31. The van der Waals surface area contributed by atoms with Crippen LogP contribution in [0, 0.1) is 5.92 Å². The molecule has 2 aliphatic rings. The quantitative estimate of drug-likeness (QED) is 0.522. The Hall–Kier alpha value is -0.0400. The lowest BCUT2D eigenvalue weighted by atomic mass is 9.97. The van der Waals surface area contributed by atoms with Crippen LogP contribution in [0.1, 0.15) is 32.6 Å². The lowest BCUT2D eigenvalue weighted by Gasteiger charge is -2.13. The summed E-state index contributed by atoms with van der Waals surface area (Å²) in [5.41, 5.74) is 0.411. The van der Waals surface area contributed by atoms with Gasteiger partial charge in [-0.15, -0.1) is 0 Å². The lowest BCUT2D eigenvalue weighted by Crippen LogP contribution is -2.15. The maximum absolute atomic E-state index is 5.65. The van der Waals surface area contributed by atoms with E-state index in [4.69, 9.17) is 4.74 Å². The fraction of sp³-hybridized carbons (Fsp3) is 1.00. The Labute approximate surface area is 56.4 Å². The molecule has 9 heavy (non-hydrogen) atoms. The van der Waals surface area contributed by atoms with E-state index in [1.807, 2.05) is 0 Å². The van der Waals surface area contributed by atoms with E-state index in [1.54, 1.807) is 0 Å². The van der Waals surface area contributed by atoms with Gasteiger partial charge in [-0.05, 0) is 25.2 Å². The van der Waals surface area contributed by atoms with Crippen LogP contribution < -0.4 is 0 Å². The van der Waals surface area contributed by atoms with Crippen molar-refractivity contribution in [3.63, 3.8) is 0 Å². The molecule has 1 saturated heterocycles. The molecule has 1 spiro atoms. The average Bonchev–Trinajstić information content (AvgIpc) is 2.45. The van der Waals surface area contributed by atoms with Gasteiger partial charge in [-0.3, -0.25) is 0 Å². The first kappa shape index (κ1) is 5.72. The van der Waals surface area contributed by atoms with Crippen molar-refractivity contribution >= 4 is 0 Å². The zero-order valence-corrected chi connectivity index (χ0v) is 6.02. The highest BCUT2D eigenvalue weighted by molar-refractivity contribution is 5.03. The van der Waals surface area contributed by atoms with Crippen molar-refractivity contribution in [2.24, 2.45) is 5.92 Å². The molecule has 1 saturated carbocycles. The van der Waals surface area contributed by atoms with Gasteiger partial charge in [0.2, 0.25) is 0 Å². The van der Waals surface area contributed by atoms with Crippen LogP contribution in [0.15, 0.2) is 0 Å². The molecule has 1 aliphatic heterocycles. The molecule has 0 N–H and O–H groups in total. The number of rotatable bonds is 1. The predicted molar refractivity (Wildman–Crippen MR) is 36.3 cm³/mol. The maximum atomic E-state index is 5.65. The fourth-order valence-corrected chi connectivity index (χ4v) is 2.04. The van der Waals surface area contributed by atoms with Crippen LogP contribution in [-0.2, 0) is 4.74 Å². The minimum atomic E-state index is 0.411. The third kappa shape index (κ3) is 0.710. The molecule has 1 atom stereocenters. The molecule has 2 fully saturated rings. The summed E-state index contributed by atoms with van der Waals surface area (Å²) in [7, 11) is 0. The Morgan fingerprint density at radius 1 is 1.56 bits per heavy atom. The minimum absolute atomic E-state index is 0.411. The summed E-state index contributed by atoms with van der Waals surface area (Å²) in [5, 5.41) is 0. The summed E-state index contributed by atoms with van der Waals surface area (Å²) < 4.78 is 5.65. The zero-order valence-electron chi connectivity index (χ0n) is 6.02. The van der Waals surface area contributed by atoms with Gasteiger partial charge in [-0.2, -0.15) is 0 Å². The fourth-order valence-electron chi connectivity index (χ4n) is 2.04. The van der Waals surface area contributed by atoms with Gasteiger partial charge in [0.25, 0.3) is 0 Å². The first-order valence-electron chi connectivity index (χ1n) is 4.01. The van der Waals surface area contributed by atoms with Crippen molar-refractivity contribution in [1.82, 2.24) is 0 Å². The van der Waals surface area contributed by atoms with Crippen molar-refractivity contribution < 1.29 is 4.74 Å². The van der Waals surface area contributed by atoms with Gasteiger partial charge in [0, 0.05) is 6.61 Å². The van der Waals surface area contributed by atoms with E-state index >= 15 is 0 Å². The molecular formula is C8H14O. The largest absolute Gasteiger partial charge is 0.375 e. The lowest BCUT2D eigenvalue weighted by molar-refractivity contribution is 0.0674. The standard InChI is InChI=1S/C8H14O/c1-2-7-3-6-9-8(7)4-5-8/h7H,2-6H2,1H3/t7-/m0/s1. The Bertz CT molecular complexity index is 116. The summed E-state index contributed by atoms with van der Waals surface area (Å²) >= 11 is 0. The van der Waals surface area contributed by atoms with Gasteiger partial charge in [-0.1, -0.05) is 13.3 Å². The highest BCUT2D eigenvalue weighted by Crippen LogP contribution is 2.52. The summed E-state index contributed by atoms with van der Waals surface area (Å²) in [5.74, 6) is 0.900. The first-order chi connectivity index (χ1) is 4.37. The third-order valence-corrected chi connectivity index (χ3v) is 2.84. The Kier molecular flexibility index (Phi) is 1.10. The zero-order chi connectivity index (χ0) is 6.32. The molecule has 1 heteroatoms. The van der Waals surface area contributed by atoms with E-state index in [9.17, 15) is 0 Å². The van der Waals surface area contributed by atoms with Gasteiger partial charge in [0.15, 0.2) is 0 Å². The van der Waals surface area contributed by atoms with Crippen LogP contribution in [-0.4, -0.2) is 12.2 Å². The normalized spacial score (nSPS) is 37.7. The monoisotopic (exact) mass is 126 g/mol. The van der Waals surface area contributed by atoms with Crippen molar-refractivity contribution in [2.45, 2.75) is 38.2 Å². The molecule has 0 aromatic rings. The molecule has 0 amide bonds. The van der Waals surface area contributed by atoms with E-state index < -0.39 is 0 Å². The summed E-state index contributed by atoms with van der Waals surface area (Å²) in [6, 6.07) is 0. The summed E-state index contributed by atoms with van der Waals surface area (Å²) in [6.45, 7) is 3.30. The number of ether oxygens (including phenoxy) is 1. The van der Waals surface area contributed by atoms with Crippen LogP contribution in [0.5, 0.6) is 0 Å². The van der Waals surface area contributed by atoms with E-state index in [1.165, 1.54) is 25.7 Å². The Morgan fingerprint density at radius 2 is 2.33 bits per heavy atom.